The van der Waals surface area contributed by atoms with Crippen molar-refractivity contribution >= 4 is 29.3 Å². The minimum Gasteiger partial charge on any atom is -0.469 e. The van der Waals surface area contributed by atoms with Crippen molar-refractivity contribution in [3.8, 4) is 0 Å². The molecule has 0 spiro atoms. The summed E-state index contributed by atoms with van der Waals surface area (Å²) in [6, 6.07) is 14.2. The first-order valence-corrected chi connectivity index (χ1v) is 10.9. The number of ether oxygens (including phenoxy) is 2. The number of esters is 2. The van der Waals surface area contributed by atoms with Gasteiger partial charge in [-0.1, -0.05) is 42.5 Å². The molecule has 0 aliphatic carbocycles. The number of para-hydroxylation sites is 2. The number of nitrogens with two attached hydrogens (primary N) is 1. The zero-order valence-electron chi connectivity index (χ0n) is 20.8. The summed E-state index contributed by atoms with van der Waals surface area (Å²) in [5.41, 5.74) is -0.878. The maximum Gasteiger partial charge on any atom is 0.346 e. The Morgan fingerprint density at radius 1 is 0.865 bits per heavy atom. The third kappa shape index (κ3) is 10.4. The number of hydrogen-bond acceptors (Lipinski definition) is 11. The van der Waals surface area contributed by atoms with Crippen molar-refractivity contribution in [2.75, 3.05) is 7.11 Å². The van der Waals surface area contributed by atoms with E-state index in [9.17, 15) is 34.6 Å². The molecule has 2 aromatic carbocycles. The Morgan fingerprint density at radius 3 is 1.76 bits per heavy atom. The minimum absolute atomic E-state index is 0.119. The van der Waals surface area contributed by atoms with Crippen LogP contribution in [-0.4, -0.2) is 40.5 Å². The summed E-state index contributed by atoms with van der Waals surface area (Å²) < 4.78 is 10.0. The molecule has 0 aliphatic rings. The van der Waals surface area contributed by atoms with Gasteiger partial charge in [0.25, 0.3) is 0 Å². The first-order chi connectivity index (χ1) is 17.3. The third-order valence-electron chi connectivity index (χ3n) is 4.75. The van der Waals surface area contributed by atoms with Crippen LogP contribution in [0.5, 0.6) is 0 Å². The molecule has 0 saturated heterocycles. The lowest BCUT2D eigenvalue weighted by Crippen LogP contribution is -2.37. The molecule has 0 heterocycles. The van der Waals surface area contributed by atoms with Crippen LogP contribution in [-0.2, 0) is 35.1 Å². The summed E-state index contributed by atoms with van der Waals surface area (Å²) in [6.45, 7) is 5.03. The second-order valence-electron chi connectivity index (χ2n) is 8.67. The fraction of sp³-hybridized carbons (Fsp3) is 0.375. The molecule has 13 heteroatoms. The maximum atomic E-state index is 12.3. The van der Waals surface area contributed by atoms with Crippen LogP contribution in [0.2, 0.25) is 0 Å². The third-order valence-corrected chi connectivity index (χ3v) is 4.75. The van der Waals surface area contributed by atoms with Crippen molar-refractivity contribution in [2.45, 2.75) is 39.2 Å². The number of nitro benzene ring substituents is 2. The van der Waals surface area contributed by atoms with Crippen LogP contribution in [0.1, 0.15) is 32.8 Å². The van der Waals surface area contributed by atoms with Gasteiger partial charge in [0.2, 0.25) is 0 Å². The predicted molar refractivity (Wildman–Crippen MR) is 130 cm³/mol. The van der Waals surface area contributed by atoms with Crippen LogP contribution in [0.25, 0.3) is 0 Å². The zero-order chi connectivity index (χ0) is 28.2. The molecular formula is C24H29N3O10. The fourth-order valence-corrected chi connectivity index (χ4v) is 3.13. The van der Waals surface area contributed by atoms with E-state index in [0.717, 1.165) is 17.7 Å². The summed E-state index contributed by atoms with van der Waals surface area (Å²) in [4.78, 5) is 59.5. The number of hydrogen-bond donors (Lipinski definition) is 1. The molecule has 2 unspecified atom stereocenters. The molecule has 0 fully saturated rings. The average Bonchev–Trinajstić information content (AvgIpc) is 2.85. The highest BCUT2D eigenvalue weighted by atomic mass is 16.7. The van der Waals surface area contributed by atoms with Gasteiger partial charge in [-0.2, -0.15) is 5.90 Å². The SMILES string of the molecule is COC(=O)C(Cc1ccccc1)CC(C(=O)ON)C(=O)OC(C)(C)C.O=[N+]([O-])c1ccccc1[N+](=O)[O-]. The molecule has 0 amide bonds. The molecular weight excluding hydrogens is 490 g/mol. The van der Waals surface area contributed by atoms with Gasteiger partial charge in [-0.3, -0.25) is 29.8 Å². The van der Waals surface area contributed by atoms with Crippen molar-refractivity contribution in [2.24, 2.45) is 17.7 Å². The van der Waals surface area contributed by atoms with Crippen LogP contribution < -0.4 is 5.90 Å². The van der Waals surface area contributed by atoms with Crippen LogP contribution >= 0.6 is 0 Å². The minimum atomic E-state index is -1.31. The highest BCUT2D eigenvalue weighted by Crippen LogP contribution is 2.25. The predicted octanol–water partition coefficient (Wildman–Crippen LogP) is 3.29. The van der Waals surface area contributed by atoms with Crippen molar-refractivity contribution in [3.05, 3.63) is 80.4 Å². The summed E-state index contributed by atoms with van der Waals surface area (Å²) >= 11 is 0. The van der Waals surface area contributed by atoms with E-state index < -0.39 is 56.6 Å². The first kappa shape index (κ1) is 30.6. The number of nitro groups is 2. The van der Waals surface area contributed by atoms with Gasteiger partial charge in [0.1, 0.15) is 5.60 Å². The number of rotatable bonds is 9. The molecule has 0 saturated carbocycles. The van der Waals surface area contributed by atoms with E-state index in [-0.39, 0.29) is 6.42 Å². The number of methoxy groups -OCH3 is 1. The van der Waals surface area contributed by atoms with Crippen molar-refractivity contribution in [1.82, 2.24) is 0 Å². The molecule has 0 radical (unpaired) electrons. The van der Waals surface area contributed by atoms with E-state index in [1.807, 2.05) is 30.3 Å². The average molecular weight is 520 g/mol. The van der Waals surface area contributed by atoms with E-state index >= 15 is 0 Å². The van der Waals surface area contributed by atoms with E-state index in [0.29, 0.717) is 6.42 Å². The van der Waals surface area contributed by atoms with Gasteiger partial charge in [0.05, 0.1) is 22.9 Å². The van der Waals surface area contributed by atoms with Crippen LogP contribution in [0, 0.1) is 32.1 Å². The molecule has 2 rings (SSSR count). The molecule has 0 aromatic heterocycles. The van der Waals surface area contributed by atoms with E-state index in [1.165, 1.54) is 19.2 Å². The van der Waals surface area contributed by atoms with Crippen molar-refractivity contribution in [1.29, 1.82) is 0 Å². The molecule has 2 N–H and O–H groups in total. The Morgan fingerprint density at radius 2 is 1.35 bits per heavy atom. The highest BCUT2D eigenvalue weighted by Gasteiger charge is 2.37. The van der Waals surface area contributed by atoms with Crippen molar-refractivity contribution < 1.29 is 38.5 Å². The summed E-state index contributed by atoms with van der Waals surface area (Å²) in [7, 11) is 1.25. The van der Waals surface area contributed by atoms with Gasteiger partial charge in [-0.25, -0.2) is 4.79 Å². The van der Waals surface area contributed by atoms with Crippen molar-refractivity contribution in [3.63, 3.8) is 0 Å². The van der Waals surface area contributed by atoms with Gasteiger partial charge in [-0.15, -0.1) is 0 Å². The Labute approximate surface area is 212 Å². The lowest BCUT2D eigenvalue weighted by atomic mass is 9.89. The number of benzene rings is 2. The van der Waals surface area contributed by atoms with Gasteiger partial charge in [0, 0.05) is 12.1 Å². The van der Waals surface area contributed by atoms with Gasteiger partial charge < -0.3 is 14.3 Å². The number of carbonyl (C=O) groups is 3. The molecule has 13 nitrogen and oxygen atoms in total. The van der Waals surface area contributed by atoms with E-state index in [1.54, 1.807) is 20.8 Å². The van der Waals surface area contributed by atoms with E-state index in [4.69, 9.17) is 15.4 Å². The first-order valence-electron chi connectivity index (χ1n) is 10.9. The second-order valence-corrected chi connectivity index (χ2v) is 8.67. The smallest absolute Gasteiger partial charge is 0.346 e. The number of nitrogens with zero attached hydrogens (tertiary/aromatic N) is 2. The molecule has 200 valence electrons. The number of carbonyl (C=O) groups excluding carboxylic acids is 3. The molecule has 0 bridgehead atoms. The maximum absolute atomic E-state index is 12.3. The normalized spacial score (nSPS) is 12.1. The van der Waals surface area contributed by atoms with Gasteiger partial charge >= 0.3 is 29.3 Å². The lowest BCUT2D eigenvalue weighted by Gasteiger charge is -2.24. The zero-order valence-corrected chi connectivity index (χ0v) is 20.8. The summed E-state index contributed by atoms with van der Waals surface area (Å²) in [6.07, 6.45) is 0.192. The summed E-state index contributed by atoms with van der Waals surface area (Å²) in [5, 5.41) is 20.5. The van der Waals surface area contributed by atoms with Gasteiger partial charge in [0.15, 0.2) is 5.92 Å². The van der Waals surface area contributed by atoms with Crippen LogP contribution in [0.3, 0.4) is 0 Å². The molecule has 2 atom stereocenters. The van der Waals surface area contributed by atoms with Crippen LogP contribution in [0.15, 0.2) is 54.6 Å². The monoisotopic (exact) mass is 519 g/mol. The Hall–Kier alpha value is -4.39. The second kappa shape index (κ2) is 14.2. The molecule has 37 heavy (non-hydrogen) atoms. The van der Waals surface area contributed by atoms with E-state index in [2.05, 4.69) is 4.84 Å². The van der Waals surface area contributed by atoms with Gasteiger partial charge in [-0.05, 0) is 39.2 Å². The lowest BCUT2D eigenvalue weighted by molar-refractivity contribution is -0.422. The molecule has 0 aliphatic heterocycles. The fourth-order valence-electron chi connectivity index (χ4n) is 3.13. The quantitative estimate of drug-likeness (QED) is 0.221. The highest BCUT2D eigenvalue weighted by molar-refractivity contribution is 5.95. The Bertz CT molecular complexity index is 1070. The largest absolute Gasteiger partial charge is 0.469 e. The Balaban J connectivity index is 0.000000474. The summed E-state index contributed by atoms with van der Waals surface area (Å²) in [5.74, 6) is 0.650. The molecule has 2 aromatic rings. The Kier molecular flexibility index (Phi) is 11.8. The van der Waals surface area contributed by atoms with Crippen LogP contribution in [0.4, 0.5) is 11.4 Å². The topological polar surface area (TPSA) is 191 Å². The standard InChI is InChI=1S/C18H25NO6.C6H4N2O4/c1-18(2,3)24-16(21)14(17(22)25-19)11-13(15(20)23-4)10-12-8-6-5-7-9-12;9-7(10)5-3-1-2-4-6(5)8(11)12/h5-9,13-14H,10-11,19H2,1-4H3;1-4H.